The summed E-state index contributed by atoms with van der Waals surface area (Å²) in [7, 11) is -3.53. The van der Waals surface area contributed by atoms with Crippen LogP contribution in [-0.4, -0.2) is 34.8 Å². The van der Waals surface area contributed by atoms with E-state index in [0.29, 0.717) is 30.2 Å². The summed E-state index contributed by atoms with van der Waals surface area (Å²) >= 11 is 0. The molecule has 0 spiro atoms. The molecular formula is C13H20N2O4S. The van der Waals surface area contributed by atoms with E-state index in [1.807, 2.05) is 0 Å². The predicted octanol–water partition coefficient (Wildman–Crippen LogP) is 1.00. The molecule has 20 heavy (non-hydrogen) atoms. The van der Waals surface area contributed by atoms with Gasteiger partial charge in [0.1, 0.15) is 0 Å². The predicted molar refractivity (Wildman–Crippen MR) is 75.7 cm³/mol. The van der Waals surface area contributed by atoms with Gasteiger partial charge in [-0.2, -0.15) is 0 Å². The molecule has 0 aromatic heterocycles. The average molecular weight is 300 g/mol. The van der Waals surface area contributed by atoms with E-state index < -0.39 is 10.0 Å². The maximum Gasteiger partial charge on any atom is 0.241 e. The zero-order valence-corrected chi connectivity index (χ0v) is 12.5. The lowest BCUT2D eigenvalue weighted by Crippen LogP contribution is -2.32. The van der Waals surface area contributed by atoms with Crippen molar-refractivity contribution in [2.75, 3.05) is 26.4 Å². The van der Waals surface area contributed by atoms with Crippen molar-refractivity contribution >= 4 is 10.0 Å². The second kappa shape index (κ2) is 6.43. The minimum atomic E-state index is -3.53. The Morgan fingerprint density at radius 3 is 2.55 bits per heavy atom. The number of nitrogens with one attached hydrogen (secondary N) is 2. The lowest BCUT2D eigenvalue weighted by atomic mass is 10.2. The molecule has 1 aliphatic rings. The van der Waals surface area contributed by atoms with Crippen LogP contribution in [0.15, 0.2) is 17.0 Å². The molecule has 2 N–H and O–H groups in total. The van der Waals surface area contributed by atoms with Gasteiger partial charge in [-0.25, -0.2) is 13.1 Å². The van der Waals surface area contributed by atoms with Gasteiger partial charge in [-0.3, -0.25) is 0 Å². The molecule has 1 aromatic rings. The normalized spacial score (nSPS) is 13.7. The van der Waals surface area contributed by atoms with Crippen LogP contribution in [0.25, 0.3) is 0 Å². The molecule has 0 atom stereocenters. The molecule has 1 aromatic carbocycles. The SMILES string of the molecule is CCCNCCNS(=O)(=O)c1cc2c(cc1C)OCO2. The quantitative estimate of drug-likeness (QED) is 0.735. The van der Waals surface area contributed by atoms with E-state index >= 15 is 0 Å². The number of aryl methyl sites for hydroxylation is 1. The van der Waals surface area contributed by atoms with Gasteiger partial charge in [0.05, 0.1) is 4.90 Å². The lowest BCUT2D eigenvalue weighted by Gasteiger charge is -2.10. The van der Waals surface area contributed by atoms with Crippen molar-refractivity contribution in [3.05, 3.63) is 17.7 Å². The summed E-state index contributed by atoms with van der Waals surface area (Å²) in [6, 6.07) is 3.20. The zero-order chi connectivity index (χ0) is 14.6. The highest BCUT2D eigenvalue weighted by Crippen LogP contribution is 2.35. The van der Waals surface area contributed by atoms with Crippen molar-refractivity contribution in [3.63, 3.8) is 0 Å². The molecule has 7 heteroatoms. The number of hydrogen-bond acceptors (Lipinski definition) is 5. The fraction of sp³-hybridized carbons (Fsp3) is 0.538. The van der Waals surface area contributed by atoms with Crippen LogP contribution in [0.2, 0.25) is 0 Å². The van der Waals surface area contributed by atoms with E-state index in [1.54, 1.807) is 13.0 Å². The molecule has 0 unspecified atom stereocenters. The number of rotatable bonds is 7. The molecule has 0 saturated heterocycles. The lowest BCUT2D eigenvalue weighted by molar-refractivity contribution is 0.174. The summed E-state index contributed by atoms with van der Waals surface area (Å²) in [5, 5.41) is 3.14. The third kappa shape index (κ3) is 3.41. The third-order valence-corrected chi connectivity index (χ3v) is 4.58. The van der Waals surface area contributed by atoms with Gasteiger partial charge in [0.2, 0.25) is 16.8 Å². The first kappa shape index (κ1) is 15.1. The number of fused-ring (bicyclic) bond motifs is 1. The molecule has 0 amide bonds. The van der Waals surface area contributed by atoms with Crippen molar-refractivity contribution in [1.29, 1.82) is 0 Å². The van der Waals surface area contributed by atoms with Crippen LogP contribution in [0.3, 0.4) is 0 Å². The van der Waals surface area contributed by atoms with Gasteiger partial charge in [-0.1, -0.05) is 6.92 Å². The Morgan fingerprint density at radius 2 is 1.85 bits per heavy atom. The van der Waals surface area contributed by atoms with Gasteiger partial charge < -0.3 is 14.8 Å². The highest BCUT2D eigenvalue weighted by molar-refractivity contribution is 7.89. The Bertz CT molecular complexity index is 572. The van der Waals surface area contributed by atoms with Gasteiger partial charge in [-0.05, 0) is 31.5 Å². The summed E-state index contributed by atoms with van der Waals surface area (Å²) in [4.78, 5) is 0.234. The van der Waals surface area contributed by atoms with Crippen LogP contribution in [0.1, 0.15) is 18.9 Å². The fourth-order valence-electron chi connectivity index (χ4n) is 1.97. The van der Waals surface area contributed by atoms with Crippen molar-refractivity contribution in [1.82, 2.24) is 10.0 Å². The van der Waals surface area contributed by atoms with Gasteiger partial charge >= 0.3 is 0 Å². The minimum absolute atomic E-state index is 0.132. The Hall–Kier alpha value is -1.31. The largest absolute Gasteiger partial charge is 0.454 e. The van der Waals surface area contributed by atoms with Gasteiger partial charge in [0.15, 0.2) is 11.5 Å². The van der Waals surface area contributed by atoms with Crippen molar-refractivity contribution < 1.29 is 17.9 Å². The molecule has 112 valence electrons. The summed E-state index contributed by atoms with van der Waals surface area (Å²) in [5.74, 6) is 1.06. The topological polar surface area (TPSA) is 76.7 Å². The molecule has 0 saturated carbocycles. The number of ether oxygens (including phenoxy) is 2. The standard InChI is InChI=1S/C13H20N2O4S/c1-3-4-14-5-6-15-20(16,17)13-8-12-11(7-10(13)2)18-9-19-12/h7-8,14-15H,3-6,9H2,1-2H3. The van der Waals surface area contributed by atoms with E-state index in [4.69, 9.17) is 9.47 Å². The van der Waals surface area contributed by atoms with Crippen LogP contribution in [0.4, 0.5) is 0 Å². The molecule has 0 fully saturated rings. The van der Waals surface area contributed by atoms with E-state index in [2.05, 4.69) is 17.0 Å². The number of sulfonamides is 1. The van der Waals surface area contributed by atoms with Gasteiger partial charge in [-0.15, -0.1) is 0 Å². The molecular weight excluding hydrogens is 280 g/mol. The van der Waals surface area contributed by atoms with E-state index in [9.17, 15) is 8.42 Å². The Kier molecular flexibility index (Phi) is 4.85. The molecule has 1 aliphatic heterocycles. The molecule has 0 aliphatic carbocycles. The van der Waals surface area contributed by atoms with E-state index in [-0.39, 0.29) is 11.7 Å². The van der Waals surface area contributed by atoms with Crippen molar-refractivity contribution in [2.45, 2.75) is 25.2 Å². The van der Waals surface area contributed by atoms with Crippen molar-refractivity contribution in [2.24, 2.45) is 0 Å². The summed E-state index contributed by atoms with van der Waals surface area (Å²) in [6.45, 7) is 5.78. The summed E-state index contributed by atoms with van der Waals surface area (Å²) < 4.78 is 37.5. The minimum Gasteiger partial charge on any atom is -0.454 e. The highest BCUT2D eigenvalue weighted by atomic mass is 32.2. The number of hydrogen-bond donors (Lipinski definition) is 2. The van der Waals surface area contributed by atoms with Crippen LogP contribution in [-0.2, 0) is 10.0 Å². The van der Waals surface area contributed by atoms with Gasteiger partial charge in [0.25, 0.3) is 0 Å². The maximum absolute atomic E-state index is 12.3. The second-order valence-corrected chi connectivity index (χ2v) is 6.35. The summed E-state index contributed by atoms with van der Waals surface area (Å²) in [6.07, 6.45) is 1.02. The Morgan fingerprint density at radius 1 is 1.15 bits per heavy atom. The van der Waals surface area contributed by atoms with E-state index in [0.717, 1.165) is 13.0 Å². The highest BCUT2D eigenvalue weighted by Gasteiger charge is 2.22. The molecule has 0 bridgehead atoms. The third-order valence-electron chi connectivity index (χ3n) is 2.98. The average Bonchev–Trinajstić information content (AvgIpc) is 2.84. The molecule has 6 nitrogen and oxygen atoms in total. The van der Waals surface area contributed by atoms with Crippen LogP contribution in [0.5, 0.6) is 11.5 Å². The molecule has 0 radical (unpaired) electrons. The fourth-order valence-corrected chi connectivity index (χ4v) is 3.24. The summed E-state index contributed by atoms with van der Waals surface area (Å²) in [5.41, 5.74) is 0.642. The Balaban J connectivity index is 2.06. The first-order valence-electron chi connectivity index (χ1n) is 6.65. The smallest absolute Gasteiger partial charge is 0.241 e. The Labute approximate surface area is 119 Å². The monoisotopic (exact) mass is 300 g/mol. The zero-order valence-electron chi connectivity index (χ0n) is 11.7. The molecule has 2 rings (SSSR count). The maximum atomic E-state index is 12.3. The molecule has 1 heterocycles. The first-order chi connectivity index (χ1) is 9.54. The van der Waals surface area contributed by atoms with E-state index in [1.165, 1.54) is 6.07 Å². The number of benzene rings is 1. The second-order valence-electron chi connectivity index (χ2n) is 4.62. The van der Waals surface area contributed by atoms with Gasteiger partial charge in [0, 0.05) is 19.2 Å². The first-order valence-corrected chi connectivity index (χ1v) is 8.13. The van der Waals surface area contributed by atoms with Crippen LogP contribution in [0, 0.1) is 6.92 Å². The van der Waals surface area contributed by atoms with Crippen LogP contribution >= 0.6 is 0 Å². The van der Waals surface area contributed by atoms with Crippen molar-refractivity contribution in [3.8, 4) is 11.5 Å². The van der Waals surface area contributed by atoms with Crippen LogP contribution < -0.4 is 19.5 Å².